The summed E-state index contributed by atoms with van der Waals surface area (Å²) in [4.78, 5) is 29.1. The first-order valence-electron chi connectivity index (χ1n) is 9.67. The van der Waals surface area contributed by atoms with Crippen LogP contribution in [0.4, 0.5) is 0 Å². The Bertz CT molecular complexity index is 833. The third-order valence-corrected chi connectivity index (χ3v) is 5.18. The molecule has 1 aliphatic heterocycles. The van der Waals surface area contributed by atoms with Crippen LogP contribution in [0.3, 0.4) is 0 Å². The Kier molecular flexibility index (Phi) is 6.34. The van der Waals surface area contributed by atoms with Crippen LogP contribution in [0, 0.1) is 5.92 Å². The van der Waals surface area contributed by atoms with E-state index in [9.17, 15) is 9.59 Å². The number of ether oxygens (including phenoxy) is 1. The monoisotopic (exact) mass is 384 g/mol. The molecule has 0 unspecified atom stereocenters. The fourth-order valence-electron chi connectivity index (χ4n) is 3.64. The second kappa shape index (κ2) is 8.91. The van der Waals surface area contributed by atoms with Crippen molar-refractivity contribution in [3.05, 3.63) is 47.8 Å². The van der Waals surface area contributed by atoms with Gasteiger partial charge in [0.15, 0.2) is 0 Å². The number of methoxy groups -OCH3 is 1. The maximum absolute atomic E-state index is 13.1. The van der Waals surface area contributed by atoms with Crippen molar-refractivity contribution in [2.24, 2.45) is 13.0 Å². The molecule has 7 heteroatoms. The van der Waals surface area contributed by atoms with Crippen LogP contribution in [0.15, 0.2) is 36.7 Å². The van der Waals surface area contributed by atoms with Crippen molar-refractivity contribution in [1.29, 1.82) is 0 Å². The molecule has 0 aliphatic carbocycles. The molecule has 2 amide bonds. The van der Waals surface area contributed by atoms with Crippen molar-refractivity contribution in [3.63, 3.8) is 0 Å². The number of aromatic nitrogens is 2. The molecular formula is C21H28N4O3. The first kappa shape index (κ1) is 19.9. The summed E-state index contributed by atoms with van der Waals surface area (Å²) in [6, 6.07) is 7.70. The van der Waals surface area contributed by atoms with Gasteiger partial charge in [0.1, 0.15) is 5.75 Å². The van der Waals surface area contributed by atoms with Crippen LogP contribution in [0.1, 0.15) is 30.9 Å². The van der Waals surface area contributed by atoms with Crippen LogP contribution in [0.25, 0.3) is 0 Å². The zero-order valence-corrected chi connectivity index (χ0v) is 16.8. The van der Waals surface area contributed by atoms with E-state index >= 15 is 0 Å². The Hall–Kier alpha value is -2.83. The maximum atomic E-state index is 13.1. The average molecular weight is 384 g/mol. The zero-order valence-electron chi connectivity index (χ0n) is 16.8. The summed E-state index contributed by atoms with van der Waals surface area (Å²) in [7, 11) is 3.49. The van der Waals surface area contributed by atoms with E-state index in [-0.39, 0.29) is 17.7 Å². The molecule has 0 radical (unpaired) electrons. The number of amides is 2. The summed E-state index contributed by atoms with van der Waals surface area (Å²) in [5.41, 5.74) is 2.02. The highest BCUT2D eigenvalue weighted by Crippen LogP contribution is 2.23. The van der Waals surface area contributed by atoms with E-state index in [2.05, 4.69) is 5.10 Å². The number of hydrogen-bond donors (Lipinski definition) is 0. The van der Waals surface area contributed by atoms with E-state index in [4.69, 9.17) is 4.74 Å². The van der Waals surface area contributed by atoms with Gasteiger partial charge in [0.2, 0.25) is 11.8 Å². The first-order chi connectivity index (χ1) is 13.5. The summed E-state index contributed by atoms with van der Waals surface area (Å²) >= 11 is 0. The van der Waals surface area contributed by atoms with Crippen LogP contribution in [0.2, 0.25) is 0 Å². The Balaban J connectivity index is 1.66. The van der Waals surface area contributed by atoms with Crippen molar-refractivity contribution in [2.75, 3.05) is 20.2 Å². The number of benzene rings is 1. The van der Waals surface area contributed by atoms with E-state index in [0.29, 0.717) is 39.0 Å². The summed E-state index contributed by atoms with van der Waals surface area (Å²) < 4.78 is 7.00. The summed E-state index contributed by atoms with van der Waals surface area (Å²) in [5, 5.41) is 4.17. The number of rotatable bonds is 7. The lowest BCUT2D eigenvalue weighted by molar-refractivity contribution is -0.143. The van der Waals surface area contributed by atoms with Crippen molar-refractivity contribution >= 4 is 11.8 Å². The van der Waals surface area contributed by atoms with E-state index in [0.717, 1.165) is 16.9 Å². The van der Waals surface area contributed by atoms with Crippen LogP contribution in [0.5, 0.6) is 5.75 Å². The number of likely N-dealkylation sites (tertiary alicyclic amines) is 1. The molecule has 3 rings (SSSR count). The Morgan fingerprint density at radius 2 is 2.18 bits per heavy atom. The number of hydrogen-bond acceptors (Lipinski definition) is 4. The van der Waals surface area contributed by atoms with Gasteiger partial charge in [-0.1, -0.05) is 12.1 Å². The minimum Gasteiger partial charge on any atom is -0.497 e. The molecule has 1 fully saturated rings. The fraction of sp³-hybridized carbons (Fsp3) is 0.476. The Labute approximate surface area is 165 Å². The van der Waals surface area contributed by atoms with Gasteiger partial charge in [-0.15, -0.1) is 0 Å². The van der Waals surface area contributed by atoms with Crippen molar-refractivity contribution in [3.8, 4) is 5.75 Å². The smallest absolute Gasteiger partial charge is 0.227 e. The topological polar surface area (TPSA) is 67.7 Å². The molecule has 1 aromatic heterocycles. The highest BCUT2D eigenvalue weighted by molar-refractivity contribution is 5.84. The Morgan fingerprint density at radius 1 is 1.36 bits per heavy atom. The molecule has 150 valence electrons. The number of carbonyl (C=O) groups excluding carboxylic acids is 2. The SMILES string of the molecule is CCN(Cc1cnn(C)c1)C(=O)[C@H]1CCC(=O)N(Cc2cccc(OC)c2)C1. The van der Waals surface area contributed by atoms with Gasteiger partial charge in [-0.25, -0.2) is 0 Å². The molecule has 1 aromatic carbocycles. The first-order valence-corrected chi connectivity index (χ1v) is 9.67. The van der Waals surface area contributed by atoms with Crippen molar-refractivity contribution in [2.45, 2.75) is 32.9 Å². The largest absolute Gasteiger partial charge is 0.497 e. The molecule has 1 atom stereocenters. The van der Waals surface area contributed by atoms with E-state index in [1.54, 1.807) is 22.9 Å². The van der Waals surface area contributed by atoms with Crippen molar-refractivity contribution < 1.29 is 14.3 Å². The average Bonchev–Trinajstić information content (AvgIpc) is 3.12. The molecule has 1 saturated heterocycles. The molecular weight excluding hydrogens is 356 g/mol. The van der Waals surface area contributed by atoms with Gasteiger partial charge in [0, 0.05) is 51.4 Å². The quantitative estimate of drug-likeness (QED) is 0.734. The van der Waals surface area contributed by atoms with Crippen LogP contribution in [-0.2, 0) is 29.7 Å². The van der Waals surface area contributed by atoms with E-state index in [1.165, 1.54) is 0 Å². The number of aryl methyl sites for hydroxylation is 1. The van der Waals surface area contributed by atoms with Gasteiger partial charge in [-0.2, -0.15) is 5.10 Å². The van der Waals surface area contributed by atoms with Gasteiger partial charge in [-0.05, 0) is 31.0 Å². The van der Waals surface area contributed by atoms with Gasteiger partial charge >= 0.3 is 0 Å². The third kappa shape index (κ3) is 4.71. The predicted molar refractivity (Wildman–Crippen MR) is 105 cm³/mol. The normalized spacial score (nSPS) is 16.9. The fourth-order valence-corrected chi connectivity index (χ4v) is 3.64. The molecule has 7 nitrogen and oxygen atoms in total. The Morgan fingerprint density at radius 3 is 2.86 bits per heavy atom. The lowest BCUT2D eigenvalue weighted by atomic mass is 9.95. The molecule has 1 aliphatic rings. The predicted octanol–water partition coefficient (Wildman–Crippen LogP) is 2.22. The number of nitrogens with zero attached hydrogens (tertiary/aromatic N) is 4. The second-order valence-corrected chi connectivity index (χ2v) is 7.24. The molecule has 28 heavy (non-hydrogen) atoms. The van der Waals surface area contributed by atoms with Gasteiger partial charge in [0.25, 0.3) is 0 Å². The molecule has 2 heterocycles. The maximum Gasteiger partial charge on any atom is 0.227 e. The zero-order chi connectivity index (χ0) is 20.1. The molecule has 2 aromatic rings. The molecule has 0 saturated carbocycles. The van der Waals surface area contributed by atoms with E-state index < -0.39 is 0 Å². The van der Waals surface area contributed by atoms with Gasteiger partial charge in [-0.3, -0.25) is 14.3 Å². The van der Waals surface area contributed by atoms with Gasteiger partial charge < -0.3 is 14.5 Å². The number of piperidine rings is 1. The second-order valence-electron chi connectivity index (χ2n) is 7.24. The van der Waals surface area contributed by atoms with E-state index in [1.807, 2.05) is 49.3 Å². The highest BCUT2D eigenvalue weighted by atomic mass is 16.5. The molecule has 0 spiro atoms. The van der Waals surface area contributed by atoms with Crippen LogP contribution >= 0.6 is 0 Å². The van der Waals surface area contributed by atoms with Gasteiger partial charge in [0.05, 0.1) is 19.2 Å². The molecule has 0 bridgehead atoms. The standard InChI is InChI=1S/C21H28N4O3/c1-4-24(14-17-11-22-23(2)12-17)21(27)18-8-9-20(26)25(15-18)13-16-6-5-7-19(10-16)28-3/h5-7,10-12,18H,4,8-9,13-15H2,1-3H3/t18-/m0/s1. The lowest BCUT2D eigenvalue weighted by Gasteiger charge is -2.34. The minimum atomic E-state index is -0.167. The summed E-state index contributed by atoms with van der Waals surface area (Å²) in [6.45, 7) is 4.11. The minimum absolute atomic E-state index is 0.0992. The summed E-state index contributed by atoms with van der Waals surface area (Å²) in [5.74, 6) is 0.805. The van der Waals surface area contributed by atoms with Crippen LogP contribution < -0.4 is 4.74 Å². The summed E-state index contributed by atoms with van der Waals surface area (Å²) in [6.07, 6.45) is 4.73. The number of carbonyl (C=O) groups is 2. The van der Waals surface area contributed by atoms with Crippen molar-refractivity contribution in [1.82, 2.24) is 19.6 Å². The highest BCUT2D eigenvalue weighted by Gasteiger charge is 2.32. The lowest BCUT2D eigenvalue weighted by Crippen LogP contribution is -2.46. The molecule has 0 N–H and O–H groups in total. The third-order valence-electron chi connectivity index (χ3n) is 5.18. The van der Waals surface area contributed by atoms with Crippen LogP contribution in [-0.4, -0.2) is 51.6 Å².